The first-order chi connectivity index (χ1) is 17.2. The van der Waals surface area contributed by atoms with Crippen LogP contribution in [0.4, 0.5) is 22.7 Å². The number of aryl methyl sites for hydroxylation is 2. The van der Waals surface area contributed by atoms with Crippen molar-refractivity contribution in [2.45, 2.75) is 92.7 Å². The summed E-state index contributed by atoms with van der Waals surface area (Å²) in [5.41, 5.74) is 22.2. The van der Waals surface area contributed by atoms with Crippen LogP contribution in [0.1, 0.15) is 82.2 Å². The molecular formula is C32H48N4. The Kier molecular flexibility index (Phi) is 11.7. The SMILES string of the molecule is CCC(C)Nc1ccc(Cc2ccc(NC(C)CC)cc2)cc1.CCc1cc(CC)c(N)c(C)c1N. The Labute approximate surface area is 219 Å². The number of anilines is 4. The zero-order chi connectivity index (χ0) is 26.7. The molecule has 196 valence electrons. The summed E-state index contributed by atoms with van der Waals surface area (Å²) < 4.78 is 0. The Balaban J connectivity index is 0.000000297. The molecule has 0 saturated heterocycles. The molecule has 0 aliphatic heterocycles. The summed E-state index contributed by atoms with van der Waals surface area (Å²) in [6, 6.07) is 20.8. The lowest BCUT2D eigenvalue weighted by atomic mass is 9.98. The van der Waals surface area contributed by atoms with E-state index in [1.54, 1.807) is 0 Å². The Morgan fingerprint density at radius 2 is 1.00 bits per heavy atom. The number of rotatable bonds is 10. The molecule has 0 amide bonds. The van der Waals surface area contributed by atoms with Crippen LogP contribution in [0.3, 0.4) is 0 Å². The third-order valence-corrected chi connectivity index (χ3v) is 6.98. The van der Waals surface area contributed by atoms with Gasteiger partial charge in [0.1, 0.15) is 0 Å². The highest BCUT2D eigenvalue weighted by Crippen LogP contribution is 2.27. The summed E-state index contributed by atoms with van der Waals surface area (Å²) in [5.74, 6) is 0. The summed E-state index contributed by atoms with van der Waals surface area (Å²) >= 11 is 0. The summed E-state index contributed by atoms with van der Waals surface area (Å²) in [6.45, 7) is 15.0. The van der Waals surface area contributed by atoms with E-state index in [0.29, 0.717) is 12.1 Å². The van der Waals surface area contributed by atoms with Gasteiger partial charge in [0.25, 0.3) is 0 Å². The number of nitrogen functional groups attached to an aromatic ring is 2. The Hall–Kier alpha value is -3.14. The van der Waals surface area contributed by atoms with Gasteiger partial charge < -0.3 is 22.1 Å². The number of nitrogens with one attached hydrogen (secondary N) is 2. The fourth-order valence-corrected chi connectivity index (χ4v) is 4.02. The highest BCUT2D eigenvalue weighted by molar-refractivity contribution is 5.68. The minimum atomic E-state index is 0.520. The first-order valence-electron chi connectivity index (χ1n) is 13.6. The zero-order valence-corrected chi connectivity index (χ0v) is 23.5. The van der Waals surface area contributed by atoms with Crippen molar-refractivity contribution in [2.75, 3.05) is 22.1 Å². The minimum Gasteiger partial charge on any atom is -0.398 e. The molecule has 0 bridgehead atoms. The predicted molar refractivity (Wildman–Crippen MR) is 161 cm³/mol. The Morgan fingerprint density at radius 1 is 0.639 bits per heavy atom. The topological polar surface area (TPSA) is 76.1 Å². The molecule has 0 saturated carbocycles. The van der Waals surface area contributed by atoms with E-state index in [1.165, 1.54) is 33.6 Å². The third kappa shape index (κ3) is 8.51. The number of hydrogen-bond acceptors (Lipinski definition) is 4. The molecular weight excluding hydrogens is 440 g/mol. The first kappa shape index (κ1) is 29.1. The quantitative estimate of drug-likeness (QED) is 0.218. The molecule has 3 rings (SSSR count). The first-order valence-corrected chi connectivity index (χ1v) is 13.6. The molecule has 4 nitrogen and oxygen atoms in total. The average Bonchev–Trinajstić information content (AvgIpc) is 2.90. The normalized spacial score (nSPS) is 12.3. The van der Waals surface area contributed by atoms with Gasteiger partial charge in [0.2, 0.25) is 0 Å². The van der Waals surface area contributed by atoms with Gasteiger partial charge in [0.15, 0.2) is 0 Å². The molecule has 3 aromatic carbocycles. The van der Waals surface area contributed by atoms with E-state index in [2.05, 4.69) is 107 Å². The van der Waals surface area contributed by atoms with Crippen LogP contribution in [0.15, 0.2) is 54.6 Å². The van der Waals surface area contributed by atoms with Gasteiger partial charge in [-0.3, -0.25) is 0 Å². The molecule has 0 heterocycles. The van der Waals surface area contributed by atoms with Crippen molar-refractivity contribution in [1.82, 2.24) is 0 Å². The number of benzene rings is 3. The van der Waals surface area contributed by atoms with Gasteiger partial charge in [-0.25, -0.2) is 0 Å². The lowest BCUT2D eigenvalue weighted by Gasteiger charge is -2.14. The monoisotopic (exact) mass is 488 g/mol. The molecule has 0 aliphatic rings. The van der Waals surface area contributed by atoms with Crippen molar-refractivity contribution in [1.29, 1.82) is 0 Å². The van der Waals surface area contributed by atoms with Crippen LogP contribution in [0.25, 0.3) is 0 Å². The van der Waals surface area contributed by atoms with Crippen LogP contribution < -0.4 is 22.1 Å². The van der Waals surface area contributed by atoms with Gasteiger partial charge in [-0.2, -0.15) is 0 Å². The van der Waals surface area contributed by atoms with Crippen molar-refractivity contribution in [3.8, 4) is 0 Å². The predicted octanol–water partition coefficient (Wildman–Crippen LogP) is 7.98. The molecule has 0 spiro atoms. The van der Waals surface area contributed by atoms with E-state index in [9.17, 15) is 0 Å². The smallest absolute Gasteiger partial charge is 0.0397 e. The fraction of sp³-hybridized carbons (Fsp3) is 0.438. The summed E-state index contributed by atoms with van der Waals surface area (Å²) in [7, 11) is 0. The molecule has 2 atom stereocenters. The second kappa shape index (κ2) is 14.4. The van der Waals surface area contributed by atoms with Gasteiger partial charge in [0.05, 0.1) is 0 Å². The molecule has 0 aliphatic carbocycles. The highest BCUT2D eigenvalue weighted by atomic mass is 14.9. The van der Waals surface area contributed by atoms with Crippen molar-refractivity contribution in [2.24, 2.45) is 0 Å². The van der Waals surface area contributed by atoms with Gasteiger partial charge in [-0.1, -0.05) is 58.0 Å². The average molecular weight is 489 g/mol. The van der Waals surface area contributed by atoms with E-state index in [1.807, 2.05) is 6.92 Å². The van der Waals surface area contributed by atoms with Crippen LogP contribution in [0.5, 0.6) is 0 Å². The van der Waals surface area contributed by atoms with Crippen LogP contribution in [0, 0.1) is 6.92 Å². The Bertz CT molecular complexity index is 973. The maximum Gasteiger partial charge on any atom is 0.0397 e. The van der Waals surface area contributed by atoms with Crippen molar-refractivity contribution in [3.05, 3.63) is 82.4 Å². The van der Waals surface area contributed by atoms with Crippen LogP contribution in [0.2, 0.25) is 0 Å². The van der Waals surface area contributed by atoms with E-state index in [-0.39, 0.29) is 0 Å². The second-order valence-electron chi connectivity index (χ2n) is 9.83. The maximum absolute atomic E-state index is 5.94. The summed E-state index contributed by atoms with van der Waals surface area (Å²) in [5, 5.41) is 7.01. The minimum absolute atomic E-state index is 0.520. The molecule has 0 fully saturated rings. The van der Waals surface area contributed by atoms with E-state index in [0.717, 1.165) is 49.0 Å². The highest BCUT2D eigenvalue weighted by Gasteiger charge is 2.08. The van der Waals surface area contributed by atoms with E-state index >= 15 is 0 Å². The van der Waals surface area contributed by atoms with Crippen LogP contribution in [-0.4, -0.2) is 12.1 Å². The molecule has 0 radical (unpaired) electrons. The van der Waals surface area contributed by atoms with Crippen molar-refractivity contribution < 1.29 is 0 Å². The molecule has 36 heavy (non-hydrogen) atoms. The molecule has 6 N–H and O–H groups in total. The van der Waals surface area contributed by atoms with E-state index in [4.69, 9.17) is 11.5 Å². The van der Waals surface area contributed by atoms with Crippen LogP contribution in [-0.2, 0) is 19.3 Å². The van der Waals surface area contributed by atoms with Gasteiger partial charge in [-0.05, 0) is 105 Å². The number of hydrogen-bond donors (Lipinski definition) is 4. The Morgan fingerprint density at radius 3 is 1.31 bits per heavy atom. The molecule has 3 aromatic rings. The van der Waals surface area contributed by atoms with Gasteiger partial charge in [-0.15, -0.1) is 0 Å². The van der Waals surface area contributed by atoms with E-state index < -0.39 is 0 Å². The largest absolute Gasteiger partial charge is 0.398 e. The number of nitrogens with two attached hydrogens (primary N) is 2. The van der Waals surface area contributed by atoms with Crippen molar-refractivity contribution >= 4 is 22.7 Å². The maximum atomic E-state index is 5.94. The molecule has 0 aromatic heterocycles. The lowest BCUT2D eigenvalue weighted by molar-refractivity contribution is 0.764. The lowest BCUT2D eigenvalue weighted by Crippen LogP contribution is -2.13. The standard InChI is InChI=1S/C21H30N2.C11H18N2/c1-5-16(3)22-20-11-7-18(8-12-20)15-19-9-13-21(14-10-19)23-17(4)6-2;1-4-8-6-9(5-2)11(13)7(3)10(8)12/h7-14,16-17,22-23H,5-6,15H2,1-4H3;6H,4-5,12-13H2,1-3H3. The van der Waals surface area contributed by atoms with Gasteiger partial charge in [0, 0.05) is 34.8 Å². The second-order valence-corrected chi connectivity index (χ2v) is 9.83. The van der Waals surface area contributed by atoms with Gasteiger partial charge >= 0.3 is 0 Å². The summed E-state index contributed by atoms with van der Waals surface area (Å²) in [4.78, 5) is 0. The third-order valence-electron chi connectivity index (χ3n) is 6.98. The zero-order valence-electron chi connectivity index (χ0n) is 23.5. The summed E-state index contributed by atoms with van der Waals surface area (Å²) in [6.07, 6.45) is 5.20. The molecule has 4 heteroatoms. The molecule has 2 unspecified atom stereocenters. The van der Waals surface area contributed by atoms with Crippen molar-refractivity contribution in [3.63, 3.8) is 0 Å². The fourth-order valence-electron chi connectivity index (χ4n) is 4.02. The van der Waals surface area contributed by atoms with Crippen LogP contribution >= 0.6 is 0 Å².